The molecule has 6 heteroatoms. The van der Waals surface area contributed by atoms with Gasteiger partial charge in [-0.25, -0.2) is 0 Å². The summed E-state index contributed by atoms with van der Waals surface area (Å²) >= 11 is 0. The van der Waals surface area contributed by atoms with Crippen LogP contribution >= 0.6 is 0 Å². The number of nitrogens with one attached hydrogen (secondary N) is 1. The van der Waals surface area contributed by atoms with Gasteiger partial charge < -0.3 is 19.9 Å². The van der Waals surface area contributed by atoms with Crippen molar-refractivity contribution in [3.05, 3.63) is 35.9 Å². The van der Waals surface area contributed by atoms with Gasteiger partial charge in [-0.1, -0.05) is 18.2 Å². The fourth-order valence-corrected chi connectivity index (χ4v) is 2.56. The summed E-state index contributed by atoms with van der Waals surface area (Å²) in [5, 5.41) is 12.3. The van der Waals surface area contributed by atoms with E-state index in [9.17, 15) is 14.7 Å². The SMILES string of the molecule is COC(=O)C[C@H]1CC[C@@H](NC(=O)c2ccccc2)[C@H](CO)O1. The van der Waals surface area contributed by atoms with E-state index in [4.69, 9.17) is 4.74 Å². The summed E-state index contributed by atoms with van der Waals surface area (Å²) < 4.78 is 10.3. The van der Waals surface area contributed by atoms with E-state index in [0.717, 1.165) is 0 Å². The number of hydrogen-bond donors (Lipinski definition) is 2. The maximum absolute atomic E-state index is 12.2. The first-order valence-electron chi connectivity index (χ1n) is 7.33. The first-order valence-corrected chi connectivity index (χ1v) is 7.33. The zero-order valence-electron chi connectivity index (χ0n) is 12.5. The number of amides is 1. The molecule has 0 spiro atoms. The molecule has 0 bridgehead atoms. The number of hydrogen-bond acceptors (Lipinski definition) is 5. The molecule has 3 atom stereocenters. The first-order chi connectivity index (χ1) is 10.6. The molecular formula is C16H21NO5. The minimum atomic E-state index is -0.518. The average Bonchev–Trinajstić information content (AvgIpc) is 2.56. The molecule has 2 rings (SSSR count). The molecule has 120 valence electrons. The Morgan fingerprint density at radius 1 is 1.32 bits per heavy atom. The van der Waals surface area contributed by atoms with E-state index in [1.54, 1.807) is 24.3 Å². The third-order valence-corrected chi connectivity index (χ3v) is 3.77. The number of esters is 1. The molecule has 0 saturated carbocycles. The average molecular weight is 307 g/mol. The second kappa shape index (κ2) is 7.91. The van der Waals surface area contributed by atoms with Crippen molar-refractivity contribution in [3.63, 3.8) is 0 Å². The molecule has 1 aromatic carbocycles. The number of benzene rings is 1. The lowest BCUT2D eigenvalue weighted by molar-refractivity contribution is -0.149. The van der Waals surface area contributed by atoms with Gasteiger partial charge in [0.2, 0.25) is 0 Å². The van der Waals surface area contributed by atoms with Crippen molar-refractivity contribution in [2.24, 2.45) is 0 Å². The molecule has 1 aromatic rings. The van der Waals surface area contributed by atoms with Crippen LogP contribution in [0, 0.1) is 0 Å². The molecule has 0 aliphatic carbocycles. The third-order valence-electron chi connectivity index (χ3n) is 3.77. The van der Waals surface area contributed by atoms with Gasteiger partial charge in [0.25, 0.3) is 5.91 Å². The Balaban J connectivity index is 1.92. The van der Waals surface area contributed by atoms with Crippen LogP contribution in [0.25, 0.3) is 0 Å². The van der Waals surface area contributed by atoms with Crippen LogP contribution in [0.1, 0.15) is 29.6 Å². The van der Waals surface area contributed by atoms with Crippen LogP contribution in [0.3, 0.4) is 0 Å². The molecule has 1 fully saturated rings. The van der Waals surface area contributed by atoms with Gasteiger partial charge in [0.1, 0.15) is 6.10 Å². The Morgan fingerprint density at radius 3 is 2.68 bits per heavy atom. The summed E-state index contributed by atoms with van der Waals surface area (Å²) in [7, 11) is 1.33. The van der Waals surface area contributed by atoms with Gasteiger partial charge in [0, 0.05) is 5.56 Å². The van der Waals surface area contributed by atoms with E-state index in [2.05, 4.69) is 10.1 Å². The van der Waals surface area contributed by atoms with Crippen LogP contribution in [0.5, 0.6) is 0 Å². The van der Waals surface area contributed by atoms with Crippen LogP contribution < -0.4 is 5.32 Å². The van der Waals surface area contributed by atoms with Crippen LogP contribution in [0.15, 0.2) is 30.3 Å². The van der Waals surface area contributed by atoms with Crippen LogP contribution in [0.4, 0.5) is 0 Å². The van der Waals surface area contributed by atoms with Crippen LogP contribution in [-0.4, -0.2) is 48.9 Å². The second-order valence-corrected chi connectivity index (χ2v) is 5.28. The summed E-state index contributed by atoms with van der Waals surface area (Å²) in [4.78, 5) is 23.4. The molecule has 1 heterocycles. The number of carbonyl (C=O) groups is 2. The van der Waals surface area contributed by atoms with Crippen molar-refractivity contribution >= 4 is 11.9 Å². The van der Waals surface area contributed by atoms with Gasteiger partial charge in [-0.3, -0.25) is 9.59 Å². The molecule has 22 heavy (non-hydrogen) atoms. The first kappa shape index (κ1) is 16.5. The molecule has 1 saturated heterocycles. The lowest BCUT2D eigenvalue weighted by atomic mass is 9.97. The monoisotopic (exact) mass is 307 g/mol. The van der Waals surface area contributed by atoms with Crippen molar-refractivity contribution in [1.29, 1.82) is 0 Å². The molecule has 1 aliphatic heterocycles. The highest BCUT2D eigenvalue weighted by atomic mass is 16.5. The van der Waals surface area contributed by atoms with Gasteiger partial charge in [-0.15, -0.1) is 0 Å². The molecule has 1 aliphatic rings. The fraction of sp³-hybridized carbons (Fsp3) is 0.500. The summed E-state index contributed by atoms with van der Waals surface area (Å²) in [5.41, 5.74) is 0.566. The Kier molecular flexibility index (Phi) is 5.91. The van der Waals surface area contributed by atoms with Crippen LogP contribution in [-0.2, 0) is 14.3 Å². The van der Waals surface area contributed by atoms with E-state index >= 15 is 0 Å². The quantitative estimate of drug-likeness (QED) is 0.789. The maximum atomic E-state index is 12.2. The lowest BCUT2D eigenvalue weighted by Crippen LogP contribution is -2.51. The highest BCUT2D eigenvalue weighted by Crippen LogP contribution is 2.22. The Bertz CT molecular complexity index is 505. The Morgan fingerprint density at radius 2 is 2.05 bits per heavy atom. The van der Waals surface area contributed by atoms with E-state index < -0.39 is 6.10 Å². The minimum absolute atomic E-state index is 0.159. The number of aliphatic hydroxyl groups is 1. The van der Waals surface area contributed by atoms with Gasteiger partial charge in [0.05, 0.1) is 32.3 Å². The van der Waals surface area contributed by atoms with Crippen molar-refractivity contribution in [1.82, 2.24) is 5.32 Å². The summed E-state index contributed by atoms with van der Waals surface area (Å²) in [5.74, 6) is -0.535. The van der Waals surface area contributed by atoms with Crippen LogP contribution in [0.2, 0.25) is 0 Å². The minimum Gasteiger partial charge on any atom is -0.469 e. The number of carbonyl (C=O) groups excluding carboxylic acids is 2. The zero-order chi connectivity index (χ0) is 15.9. The molecule has 1 amide bonds. The normalized spacial score (nSPS) is 24.5. The summed E-state index contributed by atoms with van der Waals surface area (Å²) in [6.45, 7) is -0.211. The van der Waals surface area contributed by atoms with E-state index in [1.807, 2.05) is 6.07 Å². The zero-order valence-corrected chi connectivity index (χ0v) is 12.5. The second-order valence-electron chi connectivity index (χ2n) is 5.28. The van der Waals surface area contributed by atoms with Crippen molar-refractivity contribution in [3.8, 4) is 0 Å². The number of ether oxygens (including phenoxy) is 2. The summed E-state index contributed by atoms with van der Waals surface area (Å²) in [6.07, 6.45) is 0.633. The molecule has 0 unspecified atom stereocenters. The number of methoxy groups -OCH3 is 1. The van der Waals surface area contributed by atoms with Crippen molar-refractivity contribution in [2.75, 3.05) is 13.7 Å². The predicted molar refractivity (Wildman–Crippen MR) is 79.3 cm³/mol. The van der Waals surface area contributed by atoms with E-state index in [0.29, 0.717) is 18.4 Å². The van der Waals surface area contributed by atoms with Gasteiger partial charge >= 0.3 is 5.97 Å². The molecule has 6 nitrogen and oxygen atoms in total. The maximum Gasteiger partial charge on any atom is 0.308 e. The standard InChI is InChI=1S/C16H21NO5/c1-21-15(19)9-12-7-8-13(14(10-18)22-12)17-16(20)11-5-3-2-4-6-11/h2-6,12-14,18H,7-10H2,1H3,(H,17,20)/t12-,13-,14+/m1/s1. The molecular weight excluding hydrogens is 286 g/mol. The Labute approximate surface area is 129 Å². The number of rotatable bonds is 5. The smallest absolute Gasteiger partial charge is 0.308 e. The van der Waals surface area contributed by atoms with Crippen molar-refractivity contribution in [2.45, 2.75) is 37.5 Å². The molecule has 2 N–H and O–H groups in total. The van der Waals surface area contributed by atoms with E-state index in [1.165, 1.54) is 7.11 Å². The summed E-state index contributed by atoms with van der Waals surface area (Å²) in [6, 6.07) is 8.62. The molecule has 0 aromatic heterocycles. The topological polar surface area (TPSA) is 84.9 Å². The van der Waals surface area contributed by atoms with Gasteiger partial charge in [-0.2, -0.15) is 0 Å². The van der Waals surface area contributed by atoms with Crippen molar-refractivity contribution < 1.29 is 24.2 Å². The highest BCUT2D eigenvalue weighted by molar-refractivity contribution is 5.94. The predicted octanol–water partition coefficient (Wildman–Crippen LogP) is 0.888. The third kappa shape index (κ3) is 4.29. The molecule has 0 radical (unpaired) electrons. The van der Waals surface area contributed by atoms with Gasteiger partial charge in [-0.05, 0) is 25.0 Å². The lowest BCUT2D eigenvalue weighted by Gasteiger charge is -2.35. The largest absolute Gasteiger partial charge is 0.469 e. The number of aliphatic hydroxyl groups excluding tert-OH is 1. The van der Waals surface area contributed by atoms with E-state index in [-0.39, 0.29) is 37.0 Å². The Hall–Kier alpha value is -1.92. The highest BCUT2D eigenvalue weighted by Gasteiger charge is 2.33. The van der Waals surface area contributed by atoms with Gasteiger partial charge in [0.15, 0.2) is 0 Å². The fourth-order valence-electron chi connectivity index (χ4n) is 2.56.